The van der Waals surface area contributed by atoms with Crippen LogP contribution < -0.4 is 10.6 Å². The Kier molecular flexibility index (Phi) is 4.15. The number of hydrogen-bond acceptors (Lipinski definition) is 3. The van der Waals surface area contributed by atoms with Crippen LogP contribution in [0, 0.1) is 5.92 Å². The monoisotopic (exact) mass is 365 g/mol. The second-order valence-corrected chi connectivity index (χ2v) is 6.40. The molecule has 2 heterocycles. The summed E-state index contributed by atoms with van der Waals surface area (Å²) in [5.41, 5.74) is 0.761. The first-order valence-corrected chi connectivity index (χ1v) is 7.96. The van der Waals surface area contributed by atoms with Crippen molar-refractivity contribution in [3.05, 3.63) is 34.3 Å². The molecule has 2 unspecified atom stereocenters. The standard InChI is InChI=1S/C15H16BrN3O3/c16-11-3-1-2-9(6-11)13-14(21)17-4-5-19(13)15(22)10-7-12(20)18-8-10/h1-3,6,10,13H,4-5,7-8H2,(H,17,21)(H,18,20). The Morgan fingerprint density at radius 3 is 2.77 bits per heavy atom. The van der Waals surface area contributed by atoms with E-state index in [0.29, 0.717) is 19.6 Å². The fraction of sp³-hybridized carbons (Fsp3) is 0.400. The topological polar surface area (TPSA) is 78.5 Å². The zero-order chi connectivity index (χ0) is 15.7. The first-order valence-electron chi connectivity index (χ1n) is 7.16. The molecule has 1 aromatic carbocycles. The van der Waals surface area contributed by atoms with Crippen molar-refractivity contribution in [3.63, 3.8) is 0 Å². The van der Waals surface area contributed by atoms with Crippen LogP contribution >= 0.6 is 15.9 Å². The summed E-state index contributed by atoms with van der Waals surface area (Å²) in [6, 6.07) is 6.74. The lowest BCUT2D eigenvalue weighted by Crippen LogP contribution is -2.53. The van der Waals surface area contributed by atoms with E-state index in [1.165, 1.54) is 0 Å². The van der Waals surface area contributed by atoms with Crippen LogP contribution in [0.15, 0.2) is 28.7 Å². The van der Waals surface area contributed by atoms with Crippen LogP contribution in [0.5, 0.6) is 0 Å². The third kappa shape index (κ3) is 2.85. The van der Waals surface area contributed by atoms with Crippen molar-refractivity contribution in [1.29, 1.82) is 0 Å². The molecule has 0 radical (unpaired) electrons. The summed E-state index contributed by atoms with van der Waals surface area (Å²) in [7, 11) is 0. The molecule has 22 heavy (non-hydrogen) atoms. The Hall–Kier alpha value is -1.89. The fourth-order valence-electron chi connectivity index (χ4n) is 2.93. The summed E-state index contributed by atoms with van der Waals surface area (Å²) in [6.45, 7) is 1.23. The van der Waals surface area contributed by atoms with Gasteiger partial charge in [0, 0.05) is 30.5 Å². The molecule has 2 atom stereocenters. The van der Waals surface area contributed by atoms with Gasteiger partial charge in [-0.05, 0) is 17.7 Å². The molecule has 7 heteroatoms. The summed E-state index contributed by atoms with van der Waals surface area (Å²) in [5, 5.41) is 5.47. The van der Waals surface area contributed by atoms with Gasteiger partial charge in [0.25, 0.3) is 0 Å². The number of nitrogens with zero attached hydrogens (tertiary/aromatic N) is 1. The minimum atomic E-state index is -0.644. The van der Waals surface area contributed by atoms with E-state index in [1.807, 2.05) is 24.3 Å². The molecule has 2 fully saturated rings. The van der Waals surface area contributed by atoms with E-state index in [1.54, 1.807) is 4.90 Å². The zero-order valence-electron chi connectivity index (χ0n) is 11.8. The third-order valence-electron chi connectivity index (χ3n) is 3.99. The molecule has 2 saturated heterocycles. The van der Waals surface area contributed by atoms with Crippen LogP contribution in [0.2, 0.25) is 0 Å². The third-order valence-corrected chi connectivity index (χ3v) is 4.48. The lowest BCUT2D eigenvalue weighted by molar-refractivity contribution is -0.146. The van der Waals surface area contributed by atoms with Crippen molar-refractivity contribution in [3.8, 4) is 0 Å². The number of piperazine rings is 1. The molecule has 1 aromatic rings. The Bertz CT molecular complexity index is 634. The Morgan fingerprint density at radius 2 is 2.09 bits per heavy atom. The van der Waals surface area contributed by atoms with Gasteiger partial charge in [-0.3, -0.25) is 14.4 Å². The maximum atomic E-state index is 12.7. The van der Waals surface area contributed by atoms with E-state index in [-0.39, 0.29) is 30.1 Å². The van der Waals surface area contributed by atoms with E-state index in [2.05, 4.69) is 26.6 Å². The van der Waals surface area contributed by atoms with Gasteiger partial charge in [0.05, 0.1) is 5.92 Å². The zero-order valence-corrected chi connectivity index (χ0v) is 13.4. The van der Waals surface area contributed by atoms with Crippen molar-refractivity contribution < 1.29 is 14.4 Å². The van der Waals surface area contributed by atoms with Crippen LogP contribution in [0.1, 0.15) is 18.0 Å². The number of hydrogen-bond donors (Lipinski definition) is 2. The molecule has 2 aliphatic rings. The molecule has 0 spiro atoms. The van der Waals surface area contributed by atoms with Crippen LogP contribution in [0.4, 0.5) is 0 Å². The number of rotatable bonds is 2. The van der Waals surface area contributed by atoms with E-state index < -0.39 is 6.04 Å². The normalized spacial score (nSPS) is 24.9. The van der Waals surface area contributed by atoms with Crippen molar-refractivity contribution in [2.75, 3.05) is 19.6 Å². The summed E-state index contributed by atoms with van der Waals surface area (Å²) in [4.78, 5) is 37.9. The molecule has 0 saturated carbocycles. The van der Waals surface area contributed by atoms with Gasteiger partial charge in [-0.1, -0.05) is 28.1 Å². The van der Waals surface area contributed by atoms with Gasteiger partial charge in [0.1, 0.15) is 6.04 Å². The first-order chi connectivity index (χ1) is 10.6. The molecule has 0 bridgehead atoms. The number of carbonyl (C=O) groups excluding carboxylic acids is 3. The van der Waals surface area contributed by atoms with E-state index >= 15 is 0 Å². The summed E-state index contributed by atoms with van der Waals surface area (Å²) < 4.78 is 0.855. The number of halogens is 1. The van der Waals surface area contributed by atoms with Gasteiger partial charge in [0.2, 0.25) is 17.7 Å². The van der Waals surface area contributed by atoms with Crippen molar-refractivity contribution >= 4 is 33.7 Å². The smallest absolute Gasteiger partial charge is 0.247 e. The highest BCUT2D eigenvalue weighted by molar-refractivity contribution is 9.10. The SMILES string of the molecule is O=C1CC(C(=O)N2CCNC(=O)C2c2cccc(Br)c2)CN1. The van der Waals surface area contributed by atoms with Crippen molar-refractivity contribution in [2.45, 2.75) is 12.5 Å². The average molecular weight is 366 g/mol. The first kappa shape index (κ1) is 15.0. The molecule has 3 rings (SSSR count). The van der Waals surface area contributed by atoms with Crippen molar-refractivity contribution in [1.82, 2.24) is 15.5 Å². The Morgan fingerprint density at radius 1 is 1.27 bits per heavy atom. The molecule has 116 valence electrons. The minimum absolute atomic E-state index is 0.112. The molecule has 6 nitrogen and oxygen atoms in total. The highest BCUT2D eigenvalue weighted by atomic mass is 79.9. The van der Waals surface area contributed by atoms with Gasteiger partial charge in [-0.15, -0.1) is 0 Å². The van der Waals surface area contributed by atoms with Crippen LogP contribution in [-0.4, -0.2) is 42.3 Å². The number of benzene rings is 1. The van der Waals surface area contributed by atoms with Crippen LogP contribution in [0.3, 0.4) is 0 Å². The molecule has 0 aromatic heterocycles. The molecule has 3 amide bonds. The summed E-state index contributed by atoms with van der Waals surface area (Å²) in [5.74, 6) is -0.819. The summed E-state index contributed by atoms with van der Waals surface area (Å²) in [6.07, 6.45) is 0.197. The molecular weight excluding hydrogens is 350 g/mol. The lowest BCUT2D eigenvalue weighted by atomic mass is 9.99. The highest BCUT2D eigenvalue weighted by Crippen LogP contribution is 2.28. The molecule has 0 aliphatic carbocycles. The second-order valence-electron chi connectivity index (χ2n) is 5.49. The van der Waals surface area contributed by atoms with Crippen LogP contribution in [0.25, 0.3) is 0 Å². The fourth-order valence-corrected chi connectivity index (χ4v) is 3.34. The predicted octanol–water partition coefficient (Wildman–Crippen LogP) is 0.585. The lowest BCUT2D eigenvalue weighted by Gasteiger charge is -2.36. The van der Waals surface area contributed by atoms with Gasteiger partial charge >= 0.3 is 0 Å². The summed E-state index contributed by atoms with van der Waals surface area (Å²) >= 11 is 3.39. The predicted molar refractivity (Wildman–Crippen MR) is 82.7 cm³/mol. The van der Waals surface area contributed by atoms with Gasteiger partial charge in [0.15, 0.2) is 0 Å². The van der Waals surface area contributed by atoms with Crippen LogP contribution in [-0.2, 0) is 14.4 Å². The largest absolute Gasteiger partial charge is 0.355 e. The Labute approximate surface area is 136 Å². The molecular formula is C15H16BrN3O3. The van der Waals surface area contributed by atoms with Gasteiger partial charge in [-0.25, -0.2) is 0 Å². The van der Waals surface area contributed by atoms with Crippen molar-refractivity contribution in [2.24, 2.45) is 5.92 Å². The molecule has 2 aliphatic heterocycles. The number of amides is 3. The number of carbonyl (C=O) groups is 3. The highest BCUT2D eigenvalue weighted by Gasteiger charge is 2.39. The molecule has 2 N–H and O–H groups in total. The quantitative estimate of drug-likeness (QED) is 0.804. The maximum Gasteiger partial charge on any atom is 0.247 e. The van der Waals surface area contributed by atoms with Gasteiger partial charge < -0.3 is 15.5 Å². The van der Waals surface area contributed by atoms with E-state index in [9.17, 15) is 14.4 Å². The maximum absolute atomic E-state index is 12.7. The number of nitrogens with one attached hydrogen (secondary N) is 2. The van der Waals surface area contributed by atoms with Gasteiger partial charge in [-0.2, -0.15) is 0 Å². The van der Waals surface area contributed by atoms with E-state index in [0.717, 1.165) is 10.0 Å². The second kappa shape index (κ2) is 6.08. The minimum Gasteiger partial charge on any atom is -0.355 e. The Balaban J connectivity index is 1.88. The average Bonchev–Trinajstić information content (AvgIpc) is 2.93. The van der Waals surface area contributed by atoms with E-state index in [4.69, 9.17) is 0 Å².